The summed E-state index contributed by atoms with van der Waals surface area (Å²) in [6.45, 7) is 3.93. The van der Waals surface area contributed by atoms with E-state index in [4.69, 9.17) is 15.6 Å². The minimum Gasteiger partial charge on any atom is -0.478 e. The van der Waals surface area contributed by atoms with E-state index >= 15 is 0 Å². The highest BCUT2D eigenvalue weighted by atomic mass is 16.5. The number of nitrogens with zero attached hydrogens (tertiary/aromatic N) is 2. The largest absolute Gasteiger partial charge is 0.478 e. The molecule has 17 heavy (non-hydrogen) atoms. The Hall–Kier alpha value is -1.82. The van der Waals surface area contributed by atoms with Crippen molar-refractivity contribution in [2.75, 3.05) is 37.4 Å². The third-order valence-corrected chi connectivity index (χ3v) is 2.39. The van der Waals surface area contributed by atoms with Gasteiger partial charge in [-0.1, -0.05) is 0 Å². The van der Waals surface area contributed by atoms with E-state index in [1.165, 1.54) is 12.3 Å². The lowest BCUT2D eigenvalue weighted by Crippen LogP contribution is -2.28. The van der Waals surface area contributed by atoms with Gasteiger partial charge in [0.25, 0.3) is 0 Å². The Morgan fingerprint density at radius 3 is 2.82 bits per heavy atom. The highest BCUT2D eigenvalue weighted by Gasteiger charge is 2.12. The molecule has 0 fully saturated rings. The number of carbonyl (C=O) groups is 1. The topological polar surface area (TPSA) is 88.7 Å². The molecular weight excluding hydrogens is 222 g/mol. The lowest BCUT2D eigenvalue weighted by Gasteiger charge is -2.22. The summed E-state index contributed by atoms with van der Waals surface area (Å²) in [5, 5.41) is 8.81. The normalized spacial score (nSPS) is 10.2. The molecule has 1 aromatic heterocycles. The molecule has 0 aromatic carbocycles. The van der Waals surface area contributed by atoms with Crippen molar-refractivity contribution < 1.29 is 14.6 Å². The summed E-state index contributed by atoms with van der Waals surface area (Å²) >= 11 is 0. The van der Waals surface area contributed by atoms with E-state index in [1.54, 1.807) is 7.11 Å². The fourth-order valence-corrected chi connectivity index (χ4v) is 1.47. The van der Waals surface area contributed by atoms with Crippen LogP contribution in [0, 0.1) is 0 Å². The first kappa shape index (κ1) is 13.2. The van der Waals surface area contributed by atoms with Crippen LogP contribution in [-0.4, -0.2) is 42.9 Å². The van der Waals surface area contributed by atoms with Crippen LogP contribution in [0.25, 0.3) is 0 Å². The van der Waals surface area contributed by atoms with Gasteiger partial charge in [-0.3, -0.25) is 0 Å². The number of aromatic nitrogens is 1. The van der Waals surface area contributed by atoms with Crippen LogP contribution in [0.4, 0.5) is 11.5 Å². The molecule has 0 aliphatic rings. The first-order valence-corrected chi connectivity index (χ1v) is 5.32. The van der Waals surface area contributed by atoms with Crippen molar-refractivity contribution in [2.24, 2.45) is 0 Å². The number of hydrogen-bond donors (Lipinski definition) is 2. The van der Waals surface area contributed by atoms with Gasteiger partial charge in [0, 0.05) is 26.4 Å². The van der Waals surface area contributed by atoms with Gasteiger partial charge in [0.2, 0.25) is 0 Å². The molecule has 0 atom stereocenters. The molecule has 1 rings (SSSR count). The number of carboxylic acids is 1. The Morgan fingerprint density at radius 2 is 2.35 bits per heavy atom. The molecule has 0 amide bonds. The number of likely N-dealkylation sites (N-methyl/N-ethyl adjacent to an activating group) is 1. The average molecular weight is 239 g/mol. The van der Waals surface area contributed by atoms with Gasteiger partial charge in [0.05, 0.1) is 17.9 Å². The van der Waals surface area contributed by atoms with Crippen LogP contribution in [0.15, 0.2) is 12.3 Å². The Labute approximate surface area is 100 Å². The molecule has 0 radical (unpaired) electrons. The van der Waals surface area contributed by atoms with Crippen LogP contribution >= 0.6 is 0 Å². The second-order valence-electron chi connectivity index (χ2n) is 3.51. The molecule has 0 saturated carbocycles. The van der Waals surface area contributed by atoms with Crippen molar-refractivity contribution in [3.8, 4) is 0 Å². The van der Waals surface area contributed by atoms with Gasteiger partial charge in [-0.15, -0.1) is 0 Å². The summed E-state index contributed by atoms with van der Waals surface area (Å²) in [5.74, 6) is -0.440. The zero-order valence-corrected chi connectivity index (χ0v) is 10.0. The molecule has 0 unspecified atom stereocenters. The molecule has 0 aliphatic carbocycles. The first-order valence-electron chi connectivity index (χ1n) is 5.32. The van der Waals surface area contributed by atoms with Crippen molar-refractivity contribution in [1.82, 2.24) is 4.98 Å². The van der Waals surface area contributed by atoms with Gasteiger partial charge >= 0.3 is 5.97 Å². The Balaban J connectivity index is 2.92. The standard InChI is InChI=1S/C11H17N3O3/c1-3-14(4-5-17-2)10-9(12)6-8(7-13-10)11(15)16/h6-7H,3-5,12H2,1-2H3,(H,15,16). The van der Waals surface area contributed by atoms with E-state index in [2.05, 4.69) is 4.98 Å². The predicted molar refractivity (Wildman–Crippen MR) is 65.4 cm³/mol. The third kappa shape index (κ3) is 3.32. The molecule has 6 nitrogen and oxygen atoms in total. The summed E-state index contributed by atoms with van der Waals surface area (Å²) in [5.41, 5.74) is 6.25. The van der Waals surface area contributed by atoms with Crippen molar-refractivity contribution in [1.29, 1.82) is 0 Å². The molecule has 6 heteroatoms. The van der Waals surface area contributed by atoms with Crippen LogP contribution in [0.5, 0.6) is 0 Å². The number of rotatable bonds is 6. The zero-order chi connectivity index (χ0) is 12.8. The maximum absolute atomic E-state index is 10.7. The van der Waals surface area contributed by atoms with Gasteiger partial charge in [-0.05, 0) is 13.0 Å². The predicted octanol–water partition coefficient (Wildman–Crippen LogP) is 0.835. The molecule has 1 aromatic rings. The minimum atomic E-state index is -1.03. The summed E-state index contributed by atoms with van der Waals surface area (Å²) in [4.78, 5) is 16.8. The SMILES string of the molecule is CCN(CCOC)c1ncc(C(=O)O)cc1N. The second kappa shape index (κ2) is 6.05. The zero-order valence-electron chi connectivity index (χ0n) is 10.0. The van der Waals surface area contributed by atoms with E-state index in [-0.39, 0.29) is 5.56 Å². The maximum atomic E-state index is 10.7. The lowest BCUT2D eigenvalue weighted by atomic mass is 10.2. The number of pyridine rings is 1. The Bertz CT molecular complexity index is 396. The molecule has 0 spiro atoms. The molecule has 1 heterocycles. The number of carboxylic acid groups (broad SMARTS) is 1. The second-order valence-corrected chi connectivity index (χ2v) is 3.51. The molecule has 0 aliphatic heterocycles. The number of anilines is 2. The summed E-state index contributed by atoms with van der Waals surface area (Å²) < 4.78 is 4.99. The monoisotopic (exact) mass is 239 g/mol. The van der Waals surface area contributed by atoms with Gasteiger partial charge in [0.15, 0.2) is 5.82 Å². The van der Waals surface area contributed by atoms with Crippen LogP contribution in [0.3, 0.4) is 0 Å². The van der Waals surface area contributed by atoms with Crippen molar-refractivity contribution >= 4 is 17.5 Å². The quantitative estimate of drug-likeness (QED) is 0.764. The fraction of sp³-hybridized carbons (Fsp3) is 0.455. The molecular formula is C11H17N3O3. The number of aromatic carboxylic acids is 1. The van der Waals surface area contributed by atoms with E-state index in [1.807, 2.05) is 11.8 Å². The van der Waals surface area contributed by atoms with Gasteiger partial charge in [-0.2, -0.15) is 0 Å². The van der Waals surface area contributed by atoms with E-state index in [0.717, 1.165) is 6.54 Å². The highest BCUT2D eigenvalue weighted by Crippen LogP contribution is 2.20. The minimum absolute atomic E-state index is 0.0917. The Morgan fingerprint density at radius 1 is 1.65 bits per heavy atom. The number of methoxy groups -OCH3 is 1. The van der Waals surface area contributed by atoms with Crippen molar-refractivity contribution in [2.45, 2.75) is 6.92 Å². The summed E-state index contributed by atoms with van der Waals surface area (Å²) in [6.07, 6.45) is 1.31. The first-order chi connectivity index (χ1) is 8.10. The van der Waals surface area contributed by atoms with Crippen LogP contribution < -0.4 is 10.6 Å². The smallest absolute Gasteiger partial charge is 0.337 e. The molecule has 0 bridgehead atoms. The molecule has 0 saturated heterocycles. The number of nitrogens with two attached hydrogens (primary N) is 1. The number of ether oxygens (including phenoxy) is 1. The molecule has 3 N–H and O–H groups in total. The summed E-state index contributed by atoms with van der Waals surface area (Å²) in [7, 11) is 1.62. The highest BCUT2D eigenvalue weighted by molar-refractivity contribution is 5.89. The van der Waals surface area contributed by atoms with Crippen LogP contribution in [0.1, 0.15) is 17.3 Å². The van der Waals surface area contributed by atoms with Gasteiger partial charge < -0.3 is 20.5 Å². The summed E-state index contributed by atoms with van der Waals surface area (Å²) in [6, 6.07) is 1.42. The third-order valence-electron chi connectivity index (χ3n) is 2.39. The van der Waals surface area contributed by atoms with E-state index in [9.17, 15) is 4.79 Å². The average Bonchev–Trinajstić information content (AvgIpc) is 2.31. The number of nitrogen functional groups attached to an aromatic ring is 1. The fourth-order valence-electron chi connectivity index (χ4n) is 1.47. The van der Waals surface area contributed by atoms with Gasteiger partial charge in [0.1, 0.15) is 0 Å². The van der Waals surface area contributed by atoms with Crippen LogP contribution in [-0.2, 0) is 4.74 Å². The van der Waals surface area contributed by atoms with E-state index in [0.29, 0.717) is 24.7 Å². The van der Waals surface area contributed by atoms with Gasteiger partial charge in [-0.25, -0.2) is 9.78 Å². The molecule has 94 valence electrons. The lowest BCUT2D eigenvalue weighted by molar-refractivity contribution is 0.0696. The van der Waals surface area contributed by atoms with Crippen molar-refractivity contribution in [3.05, 3.63) is 17.8 Å². The number of hydrogen-bond acceptors (Lipinski definition) is 5. The van der Waals surface area contributed by atoms with E-state index < -0.39 is 5.97 Å². The van der Waals surface area contributed by atoms with Crippen molar-refractivity contribution in [3.63, 3.8) is 0 Å². The Kier molecular flexibility index (Phi) is 4.71. The van der Waals surface area contributed by atoms with Crippen LogP contribution in [0.2, 0.25) is 0 Å². The maximum Gasteiger partial charge on any atom is 0.337 e.